The molecule has 0 atom stereocenters. The smallest absolute Gasteiger partial charge is 0.337 e. The van der Waals surface area contributed by atoms with E-state index in [4.69, 9.17) is 86.3 Å². The number of carbonyl (C=O) groups excluding carboxylic acids is 1. The number of hydrogen-bond donors (Lipinski definition) is 3. The third-order valence-electron chi connectivity index (χ3n) is 4.18. The summed E-state index contributed by atoms with van der Waals surface area (Å²) in [7, 11) is 0. The van der Waals surface area contributed by atoms with Crippen LogP contribution in [-0.2, 0) is 0 Å². The number of carbonyl (C=O) groups is 2. The fraction of sp³-hybridized carbons (Fsp3) is 0.0526. The Morgan fingerprint density at radius 2 is 1.10 bits per heavy atom. The first-order chi connectivity index (χ1) is 14.4. The zero-order valence-corrected chi connectivity index (χ0v) is 20.2. The largest absolute Gasteiger partial charge is 0.478 e. The maximum absolute atomic E-state index is 11.8. The van der Waals surface area contributed by atoms with Crippen LogP contribution in [0.1, 0.15) is 20.7 Å². The topological polar surface area (TPSA) is 85.9 Å². The zero-order valence-electron chi connectivity index (χ0n) is 14.9. The number of hydrogen-bond acceptors (Lipinski definition) is 2. The molecular weight excluding hydrogens is 552 g/mol. The van der Waals surface area contributed by atoms with E-state index < -0.39 is 15.5 Å². The molecule has 162 valence electrons. The van der Waals surface area contributed by atoms with Crippen LogP contribution in [-0.4, -0.2) is 30.6 Å². The quantitative estimate of drug-likeness (QED) is 0.170. The molecule has 12 heteroatoms. The van der Waals surface area contributed by atoms with Crippen LogP contribution >= 0.6 is 81.2 Å². The first-order valence-electron chi connectivity index (χ1n) is 8.17. The summed E-state index contributed by atoms with van der Waals surface area (Å²) in [5.74, 6) is -1.61. The fourth-order valence-corrected chi connectivity index (χ4v) is 3.71. The Bertz CT molecular complexity index is 1320. The molecule has 0 amide bonds. The highest BCUT2D eigenvalue weighted by Crippen LogP contribution is 2.35. The highest BCUT2D eigenvalue weighted by molar-refractivity contribution is 6.77. The van der Waals surface area contributed by atoms with Gasteiger partial charge in [-0.05, 0) is 24.3 Å². The third kappa shape index (κ3) is 5.20. The Morgan fingerprint density at radius 1 is 0.710 bits per heavy atom. The molecule has 3 N–H and O–H groups in total. The summed E-state index contributed by atoms with van der Waals surface area (Å²) in [5, 5.41) is 11.4. The predicted octanol–water partition coefficient (Wildman–Crippen LogP) is 8.20. The van der Waals surface area contributed by atoms with Crippen LogP contribution in [0.4, 0.5) is 0 Å². The molecular formula is C19H9Cl7N2O3. The molecule has 0 aliphatic heterocycles. The molecule has 5 nitrogen and oxygen atoms in total. The first-order valence-corrected chi connectivity index (χ1v) is 10.8. The summed E-state index contributed by atoms with van der Waals surface area (Å²) in [4.78, 5) is 28.3. The molecule has 0 aliphatic rings. The molecule has 0 unspecified atom stereocenters. The number of aromatic amines is 2. The number of aromatic nitrogens is 2. The molecule has 0 radical (unpaired) electrons. The maximum Gasteiger partial charge on any atom is 0.337 e. The van der Waals surface area contributed by atoms with E-state index in [1.165, 1.54) is 12.4 Å². The van der Waals surface area contributed by atoms with Gasteiger partial charge in [0.1, 0.15) is 0 Å². The Morgan fingerprint density at radius 3 is 1.52 bits per heavy atom. The molecule has 0 bridgehead atoms. The Labute approximate surface area is 210 Å². The van der Waals surface area contributed by atoms with Crippen molar-refractivity contribution in [2.75, 3.05) is 0 Å². The van der Waals surface area contributed by atoms with Gasteiger partial charge in [0.05, 0.1) is 25.7 Å². The minimum atomic E-state index is -2.00. The van der Waals surface area contributed by atoms with Crippen molar-refractivity contribution in [3.8, 4) is 0 Å². The third-order valence-corrected chi connectivity index (χ3v) is 6.14. The number of rotatable bonds is 2. The van der Waals surface area contributed by atoms with E-state index in [0.717, 1.165) is 0 Å². The van der Waals surface area contributed by atoms with Crippen molar-refractivity contribution in [3.63, 3.8) is 0 Å². The van der Waals surface area contributed by atoms with Crippen LogP contribution in [0, 0.1) is 0 Å². The Hall–Kier alpha value is -1.31. The van der Waals surface area contributed by atoms with Crippen molar-refractivity contribution < 1.29 is 14.7 Å². The van der Waals surface area contributed by atoms with Gasteiger partial charge < -0.3 is 15.1 Å². The van der Waals surface area contributed by atoms with Crippen molar-refractivity contribution >= 4 is 115 Å². The molecule has 2 heterocycles. The first kappa shape index (κ1) is 24.3. The normalized spacial score (nSPS) is 11.5. The predicted molar refractivity (Wildman–Crippen MR) is 128 cm³/mol. The summed E-state index contributed by atoms with van der Waals surface area (Å²) < 4.78 is -2.00. The lowest BCUT2D eigenvalue weighted by Gasteiger charge is -2.08. The number of carboxylic acid groups (broad SMARTS) is 1. The SMILES string of the molecule is O=C(O)c1c[nH]c2cc(Cl)c(Cl)cc12.O=C(c1c[nH]c2cc(Cl)c(Cl)cc12)C(Cl)(Cl)Cl. The highest BCUT2D eigenvalue weighted by Gasteiger charge is 2.33. The van der Waals surface area contributed by atoms with Crippen LogP contribution in [0.15, 0.2) is 36.7 Å². The minimum absolute atomic E-state index is 0.193. The van der Waals surface area contributed by atoms with Crippen molar-refractivity contribution in [1.29, 1.82) is 0 Å². The van der Waals surface area contributed by atoms with Gasteiger partial charge in [0.25, 0.3) is 3.79 Å². The minimum Gasteiger partial charge on any atom is -0.478 e. The summed E-state index contributed by atoms with van der Waals surface area (Å²) >= 11 is 40.0. The molecule has 0 spiro atoms. The van der Waals surface area contributed by atoms with E-state index in [2.05, 4.69) is 9.97 Å². The van der Waals surface area contributed by atoms with Gasteiger partial charge in [-0.2, -0.15) is 0 Å². The molecule has 4 rings (SSSR count). The zero-order chi connectivity index (χ0) is 23.1. The van der Waals surface area contributed by atoms with Gasteiger partial charge in [0, 0.05) is 39.8 Å². The van der Waals surface area contributed by atoms with E-state index in [9.17, 15) is 9.59 Å². The Balaban J connectivity index is 0.000000179. The number of alkyl halides is 3. The Kier molecular flexibility index (Phi) is 7.28. The van der Waals surface area contributed by atoms with Gasteiger partial charge in [-0.3, -0.25) is 4.79 Å². The molecule has 2 aromatic carbocycles. The van der Waals surface area contributed by atoms with Gasteiger partial charge in [-0.25, -0.2) is 4.79 Å². The summed E-state index contributed by atoms with van der Waals surface area (Å²) in [5.41, 5.74) is 1.77. The van der Waals surface area contributed by atoms with Gasteiger partial charge in [0.2, 0.25) is 5.78 Å². The van der Waals surface area contributed by atoms with Crippen LogP contribution in [0.25, 0.3) is 21.8 Å². The number of ketones is 1. The average Bonchev–Trinajstić information content (AvgIpc) is 3.25. The second-order valence-electron chi connectivity index (χ2n) is 6.16. The summed E-state index contributed by atoms with van der Waals surface area (Å²) in [6.07, 6.45) is 2.88. The molecule has 0 aliphatic carbocycles. The standard InChI is InChI=1S/C10H4Cl5NO.C9H5Cl2NO2/c11-6-1-4-5(9(17)10(13,14)15)3-16-8(4)2-7(6)12;10-6-1-4-5(9(13)14)3-12-8(4)2-7(6)11/h1-3,16H;1-3,12H,(H,13,14). The molecule has 0 saturated carbocycles. The van der Waals surface area contributed by atoms with Gasteiger partial charge >= 0.3 is 5.97 Å². The molecule has 31 heavy (non-hydrogen) atoms. The molecule has 4 aromatic rings. The summed E-state index contributed by atoms with van der Waals surface area (Å²) in [6, 6.07) is 6.30. The lowest BCUT2D eigenvalue weighted by Crippen LogP contribution is -2.18. The molecule has 0 fully saturated rings. The van der Waals surface area contributed by atoms with Crippen LogP contribution in [0.2, 0.25) is 20.1 Å². The second kappa shape index (κ2) is 9.28. The van der Waals surface area contributed by atoms with E-state index in [1.54, 1.807) is 24.3 Å². The van der Waals surface area contributed by atoms with Crippen molar-refractivity contribution in [2.24, 2.45) is 0 Å². The lowest BCUT2D eigenvalue weighted by atomic mass is 10.1. The fourth-order valence-electron chi connectivity index (χ4n) is 2.75. The molecule has 2 aromatic heterocycles. The number of halogens is 7. The number of aromatic carboxylic acids is 1. The maximum atomic E-state index is 11.8. The lowest BCUT2D eigenvalue weighted by molar-refractivity contribution is 0.0699. The summed E-state index contributed by atoms with van der Waals surface area (Å²) in [6.45, 7) is 0. The highest BCUT2D eigenvalue weighted by atomic mass is 35.6. The number of carboxylic acids is 1. The van der Waals surface area contributed by atoms with E-state index in [-0.39, 0.29) is 11.1 Å². The van der Waals surface area contributed by atoms with Crippen LogP contribution < -0.4 is 0 Å². The second-order valence-corrected chi connectivity index (χ2v) is 10.1. The average molecular weight is 561 g/mol. The van der Waals surface area contributed by atoms with Crippen molar-refractivity contribution in [3.05, 3.63) is 67.9 Å². The van der Waals surface area contributed by atoms with Crippen molar-refractivity contribution in [1.82, 2.24) is 9.97 Å². The molecule has 0 saturated heterocycles. The van der Waals surface area contributed by atoms with Gasteiger partial charge in [0.15, 0.2) is 0 Å². The van der Waals surface area contributed by atoms with Crippen LogP contribution in [0.3, 0.4) is 0 Å². The monoisotopic (exact) mass is 558 g/mol. The van der Waals surface area contributed by atoms with E-state index in [0.29, 0.717) is 41.9 Å². The number of benzene rings is 2. The van der Waals surface area contributed by atoms with Crippen LogP contribution in [0.5, 0.6) is 0 Å². The van der Waals surface area contributed by atoms with E-state index >= 15 is 0 Å². The van der Waals surface area contributed by atoms with Crippen molar-refractivity contribution in [2.45, 2.75) is 3.79 Å². The van der Waals surface area contributed by atoms with E-state index in [1.807, 2.05) is 0 Å². The van der Waals surface area contributed by atoms with Gasteiger partial charge in [-0.15, -0.1) is 0 Å². The number of fused-ring (bicyclic) bond motifs is 2. The number of H-pyrrole nitrogens is 2. The number of Topliss-reactive ketones (excluding diaryl/α,β-unsaturated/α-hetero) is 1. The van der Waals surface area contributed by atoms with Gasteiger partial charge in [-0.1, -0.05) is 81.2 Å². The number of nitrogens with one attached hydrogen (secondary N) is 2.